The fourth-order valence-electron chi connectivity index (χ4n) is 3.07. The standard InChI is InChI=1S/C19H22N2O3S/c1-21(2)25(23,24)18-8-4-7-17(13-18)20-19(22)12-14-9-10-15-5-3-6-16(15)11-14/h4,7-11,13H,3,5-6,12H2,1-2H3,(H,20,22). The van der Waals surface area contributed by atoms with Crippen LogP contribution >= 0.6 is 0 Å². The number of aryl methyl sites for hydroxylation is 2. The molecule has 0 saturated carbocycles. The van der Waals surface area contributed by atoms with Crippen LogP contribution in [0.5, 0.6) is 0 Å². The van der Waals surface area contributed by atoms with Gasteiger partial charge >= 0.3 is 0 Å². The van der Waals surface area contributed by atoms with Crippen LogP contribution in [-0.2, 0) is 34.1 Å². The minimum Gasteiger partial charge on any atom is -0.326 e. The quantitative estimate of drug-likeness (QED) is 0.893. The second-order valence-electron chi connectivity index (χ2n) is 6.50. The number of sulfonamides is 1. The Hall–Kier alpha value is -2.18. The Bertz CT molecular complexity index is 905. The van der Waals surface area contributed by atoms with Gasteiger partial charge in [-0.05, 0) is 54.2 Å². The summed E-state index contributed by atoms with van der Waals surface area (Å²) in [5.41, 5.74) is 4.18. The van der Waals surface area contributed by atoms with Crippen molar-refractivity contribution in [2.45, 2.75) is 30.6 Å². The zero-order chi connectivity index (χ0) is 18.0. The number of benzene rings is 2. The highest BCUT2D eigenvalue weighted by Crippen LogP contribution is 2.23. The van der Waals surface area contributed by atoms with E-state index in [4.69, 9.17) is 0 Å². The van der Waals surface area contributed by atoms with Crippen molar-refractivity contribution in [2.24, 2.45) is 0 Å². The molecule has 0 spiro atoms. The van der Waals surface area contributed by atoms with Crippen LogP contribution in [0, 0.1) is 0 Å². The first-order chi connectivity index (χ1) is 11.9. The van der Waals surface area contributed by atoms with Crippen molar-refractivity contribution in [1.82, 2.24) is 4.31 Å². The number of carbonyl (C=O) groups is 1. The number of hydrogen-bond acceptors (Lipinski definition) is 3. The minimum atomic E-state index is -3.52. The van der Waals surface area contributed by atoms with Gasteiger partial charge in [-0.1, -0.05) is 24.3 Å². The number of nitrogens with one attached hydrogen (secondary N) is 1. The fraction of sp³-hybridized carbons (Fsp3) is 0.316. The molecule has 0 bridgehead atoms. The lowest BCUT2D eigenvalue weighted by molar-refractivity contribution is -0.115. The van der Waals surface area contributed by atoms with Crippen LogP contribution in [0.4, 0.5) is 5.69 Å². The Morgan fingerprint density at radius 2 is 1.84 bits per heavy atom. The lowest BCUT2D eigenvalue weighted by atomic mass is 10.0. The van der Waals surface area contributed by atoms with Gasteiger partial charge in [0.25, 0.3) is 0 Å². The first-order valence-electron chi connectivity index (χ1n) is 8.29. The lowest BCUT2D eigenvalue weighted by Gasteiger charge is -2.13. The third kappa shape index (κ3) is 3.91. The zero-order valence-corrected chi connectivity index (χ0v) is 15.3. The van der Waals surface area contributed by atoms with E-state index in [-0.39, 0.29) is 17.2 Å². The third-order valence-electron chi connectivity index (χ3n) is 4.42. The highest BCUT2D eigenvalue weighted by Gasteiger charge is 2.18. The average Bonchev–Trinajstić information content (AvgIpc) is 3.02. The molecule has 0 saturated heterocycles. The normalized spacial score (nSPS) is 13.7. The molecule has 2 aromatic rings. The zero-order valence-electron chi connectivity index (χ0n) is 14.5. The van der Waals surface area contributed by atoms with Gasteiger partial charge < -0.3 is 5.32 Å². The summed E-state index contributed by atoms with van der Waals surface area (Å²) in [6.07, 6.45) is 3.65. The van der Waals surface area contributed by atoms with Gasteiger partial charge in [0.05, 0.1) is 11.3 Å². The maximum atomic E-state index is 12.3. The molecule has 3 rings (SSSR count). The molecule has 0 aliphatic heterocycles. The summed E-state index contributed by atoms with van der Waals surface area (Å²) in [6.45, 7) is 0. The number of amides is 1. The van der Waals surface area contributed by atoms with Crippen LogP contribution in [-0.4, -0.2) is 32.7 Å². The van der Waals surface area contributed by atoms with E-state index in [0.29, 0.717) is 5.69 Å². The predicted octanol–water partition coefficient (Wildman–Crippen LogP) is 2.61. The number of nitrogens with zero attached hydrogens (tertiary/aromatic N) is 1. The van der Waals surface area contributed by atoms with Gasteiger partial charge in [0, 0.05) is 19.8 Å². The maximum absolute atomic E-state index is 12.3. The number of rotatable bonds is 5. The molecular weight excluding hydrogens is 336 g/mol. The van der Waals surface area contributed by atoms with E-state index in [9.17, 15) is 13.2 Å². The summed E-state index contributed by atoms with van der Waals surface area (Å²) >= 11 is 0. The average molecular weight is 358 g/mol. The first-order valence-corrected chi connectivity index (χ1v) is 9.73. The molecule has 0 fully saturated rings. The molecule has 0 radical (unpaired) electrons. The summed E-state index contributed by atoms with van der Waals surface area (Å²) in [5.74, 6) is -0.155. The van der Waals surface area contributed by atoms with Crippen LogP contribution in [0.15, 0.2) is 47.4 Å². The molecule has 132 valence electrons. The molecule has 1 amide bonds. The summed E-state index contributed by atoms with van der Waals surface area (Å²) in [5, 5.41) is 2.79. The molecule has 0 unspecified atom stereocenters. The van der Waals surface area contributed by atoms with Gasteiger partial charge in [0.15, 0.2) is 0 Å². The van der Waals surface area contributed by atoms with Crippen molar-refractivity contribution in [2.75, 3.05) is 19.4 Å². The molecule has 1 aliphatic carbocycles. The molecule has 5 nitrogen and oxygen atoms in total. The fourth-order valence-corrected chi connectivity index (χ4v) is 4.02. The smallest absolute Gasteiger partial charge is 0.242 e. The van der Waals surface area contributed by atoms with E-state index >= 15 is 0 Å². The van der Waals surface area contributed by atoms with E-state index in [1.807, 2.05) is 6.07 Å². The van der Waals surface area contributed by atoms with E-state index in [2.05, 4.69) is 17.4 Å². The number of fused-ring (bicyclic) bond motifs is 1. The van der Waals surface area contributed by atoms with Crippen LogP contribution < -0.4 is 5.32 Å². The Balaban J connectivity index is 1.71. The van der Waals surface area contributed by atoms with E-state index in [1.54, 1.807) is 12.1 Å². The molecule has 0 aromatic heterocycles. The monoisotopic (exact) mass is 358 g/mol. The SMILES string of the molecule is CN(C)S(=O)(=O)c1cccc(NC(=O)Cc2ccc3c(c2)CCC3)c1. The summed E-state index contributed by atoms with van der Waals surface area (Å²) < 4.78 is 25.5. The van der Waals surface area contributed by atoms with Crippen molar-refractivity contribution in [3.8, 4) is 0 Å². The summed E-state index contributed by atoms with van der Waals surface area (Å²) in [6, 6.07) is 12.5. The molecule has 2 aromatic carbocycles. The van der Waals surface area contributed by atoms with Gasteiger partial charge in [-0.2, -0.15) is 0 Å². The molecule has 1 aliphatic rings. The third-order valence-corrected chi connectivity index (χ3v) is 6.24. The highest BCUT2D eigenvalue weighted by molar-refractivity contribution is 7.89. The minimum absolute atomic E-state index is 0.155. The number of anilines is 1. The lowest BCUT2D eigenvalue weighted by Crippen LogP contribution is -2.22. The number of hydrogen-bond donors (Lipinski definition) is 1. The molecule has 25 heavy (non-hydrogen) atoms. The van der Waals surface area contributed by atoms with Crippen LogP contribution in [0.25, 0.3) is 0 Å². The van der Waals surface area contributed by atoms with E-state index < -0.39 is 10.0 Å². The Morgan fingerprint density at radius 3 is 2.60 bits per heavy atom. The van der Waals surface area contributed by atoms with Crippen molar-refractivity contribution in [1.29, 1.82) is 0 Å². The predicted molar refractivity (Wildman–Crippen MR) is 98.1 cm³/mol. The maximum Gasteiger partial charge on any atom is 0.242 e. The molecular formula is C19H22N2O3S. The highest BCUT2D eigenvalue weighted by atomic mass is 32.2. The van der Waals surface area contributed by atoms with Crippen LogP contribution in [0.1, 0.15) is 23.1 Å². The summed E-state index contributed by atoms with van der Waals surface area (Å²) in [4.78, 5) is 12.5. The molecule has 0 heterocycles. The van der Waals surface area contributed by atoms with Gasteiger partial charge in [-0.25, -0.2) is 12.7 Å². The van der Waals surface area contributed by atoms with Crippen molar-refractivity contribution in [3.63, 3.8) is 0 Å². The topological polar surface area (TPSA) is 66.5 Å². The van der Waals surface area contributed by atoms with Crippen molar-refractivity contribution >= 4 is 21.6 Å². The largest absolute Gasteiger partial charge is 0.326 e. The Kier molecular flexibility index (Phi) is 4.92. The second kappa shape index (κ2) is 6.98. The van der Waals surface area contributed by atoms with Gasteiger partial charge in [-0.3, -0.25) is 4.79 Å². The first kappa shape index (κ1) is 17.6. The molecule has 1 N–H and O–H groups in total. The van der Waals surface area contributed by atoms with E-state index in [0.717, 1.165) is 22.7 Å². The second-order valence-corrected chi connectivity index (χ2v) is 8.65. The van der Waals surface area contributed by atoms with E-state index in [1.165, 1.54) is 43.8 Å². The van der Waals surface area contributed by atoms with Crippen molar-refractivity contribution < 1.29 is 13.2 Å². The van der Waals surface area contributed by atoms with Gasteiger partial charge in [0.1, 0.15) is 0 Å². The van der Waals surface area contributed by atoms with Crippen LogP contribution in [0.3, 0.4) is 0 Å². The molecule has 6 heteroatoms. The van der Waals surface area contributed by atoms with Gasteiger partial charge in [0.2, 0.25) is 15.9 Å². The number of carbonyl (C=O) groups excluding carboxylic acids is 1. The van der Waals surface area contributed by atoms with Crippen molar-refractivity contribution in [3.05, 3.63) is 59.2 Å². The van der Waals surface area contributed by atoms with Gasteiger partial charge in [-0.15, -0.1) is 0 Å². The molecule has 0 atom stereocenters. The Labute approximate surface area is 148 Å². The van der Waals surface area contributed by atoms with Crippen LogP contribution in [0.2, 0.25) is 0 Å². The Morgan fingerprint density at radius 1 is 1.08 bits per heavy atom. The summed E-state index contributed by atoms with van der Waals surface area (Å²) in [7, 11) is -0.558.